The van der Waals surface area contributed by atoms with Crippen LogP contribution in [0.2, 0.25) is 5.28 Å². The van der Waals surface area contributed by atoms with Crippen LogP contribution in [0.5, 0.6) is 0 Å². The van der Waals surface area contributed by atoms with Crippen molar-refractivity contribution in [2.75, 3.05) is 5.32 Å². The van der Waals surface area contributed by atoms with Crippen molar-refractivity contribution in [2.24, 2.45) is 5.73 Å². The molecule has 0 aliphatic rings. The molecule has 0 saturated carbocycles. The molecule has 0 aliphatic heterocycles. The smallest absolute Gasteiger partial charge is 0.224 e. The number of benzene rings is 1. The number of primary amides is 1. The largest absolute Gasteiger partial charge is 0.369 e. The minimum absolute atomic E-state index is 0.0238. The van der Waals surface area contributed by atoms with E-state index in [4.69, 9.17) is 17.3 Å². The summed E-state index contributed by atoms with van der Waals surface area (Å²) in [5.41, 5.74) is 7.36. The van der Waals surface area contributed by atoms with Crippen LogP contribution in [0.1, 0.15) is 11.1 Å². The standard InChI is InChI=1S/C13H12ClFN4O/c1-7-8(5-11(16)20)3-2-4-10(7)18-12-9(15)6-17-13(14)19-12/h2-4,6H,5H2,1H3,(H2,16,20)(H,17,18,19). The first-order valence-electron chi connectivity index (χ1n) is 5.79. The number of carbonyl (C=O) groups excluding carboxylic acids is 1. The number of aromatic nitrogens is 2. The highest BCUT2D eigenvalue weighted by molar-refractivity contribution is 6.28. The number of hydrogen-bond donors (Lipinski definition) is 2. The molecule has 0 saturated heterocycles. The Labute approximate surface area is 120 Å². The lowest BCUT2D eigenvalue weighted by Gasteiger charge is -2.12. The van der Waals surface area contributed by atoms with Crippen LogP contribution in [-0.2, 0) is 11.2 Å². The third kappa shape index (κ3) is 3.21. The second-order valence-electron chi connectivity index (χ2n) is 4.19. The van der Waals surface area contributed by atoms with Crippen molar-refractivity contribution in [3.63, 3.8) is 0 Å². The fourth-order valence-corrected chi connectivity index (χ4v) is 1.89. The molecule has 0 fully saturated rings. The zero-order valence-corrected chi connectivity index (χ0v) is 11.4. The first kappa shape index (κ1) is 14.2. The number of hydrogen-bond acceptors (Lipinski definition) is 4. The summed E-state index contributed by atoms with van der Waals surface area (Å²) in [7, 11) is 0. The van der Waals surface area contributed by atoms with Gasteiger partial charge >= 0.3 is 0 Å². The molecule has 104 valence electrons. The summed E-state index contributed by atoms with van der Waals surface area (Å²) in [6, 6.07) is 5.28. The predicted octanol–water partition coefficient (Wildman–Crippen LogP) is 2.35. The van der Waals surface area contributed by atoms with Crippen molar-refractivity contribution in [1.29, 1.82) is 0 Å². The van der Waals surface area contributed by atoms with Gasteiger partial charge in [-0.2, -0.15) is 4.98 Å². The first-order chi connectivity index (χ1) is 9.47. The van der Waals surface area contributed by atoms with Crippen LogP contribution in [0, 0.1) is 12.7 Å². The molecule has 0 atom stereocenters. The number of rotatable bonds is 4. The molecule has 0 aliphatic carbocycles. The lowest BCUT2D eigenvalue weighted by atomic mass is 10.0. The van der Waals surface area contributed by atoms with E-state index in [9.17, 15) is 9.18 Å². The Kier molecular flexibility index (Phi) is 4.14. The van der Waals surface area contributed by atoms with E-state index in [1.807, 2.05) is 0 Å². The molecular weight excluding hydrogens is 283 g/mol. The van der Waals surface area contributed by atoms with E-state index in [2.05, 4.69) is 15.3 Å². The van der Waals surface area contributed by atoms with Gasteiger partial charge in [-0.15, -0.1) is 0 Å². The van der Waals surface area contributed by atoms with E-state index in [0.29, 0.717) is 5.69 Å². The molecule has 2 aromatic rings. The molecule has 2 rings (SSSR count). The van der Waals surface area contributed by atoms with Gasteiger partial charge in [-0.3, -0.25) is 4.79 Å². The summed E-state index contributed by atoms with van der Waals surface area (Å²) in [6.45, 7) is 1.81. The number of nitrogens with one attached hydrogen (secondary N) is 1. The average molecular weight is 295 g/mol. The normalized spacial score (nSPS) is 10.3. The van der Waals surface area contributed by atoms with E-state index in [-0.39, 0.29) is 17.5 Å². The highest BCUT2D eigenvalue weighted by Gasteiger charge is 2.10. The molecule has 1 aromatic carbocycles. The van der Waals surface area contributed by atoms with Gasteiger partial charge in [-0.25, -0.2) is 9.37 Å². The molecule has 0 spiro atoms. The average Bonchev–Trinajstić information content (AvgIpc) is 2.38. The van der Waals surface area contributed by atoms with Gasteiger partial charge in [0.2, 0.25) is 11.2 Å². The SMILES string of the molecule is Cc1c(CC(N)=O)cccc1Nc1nc(Cl)ncc1F. The maximum Gasteiger partial charge on any atom is 0.224 e. The van der Waals surface area contributed by atoms with E-state index in [0.717, 1.165) is 17.3 Å². The zero-order chi connectivity index (χ0) is 14.7. The Morgan fingerprint density at radius 1 is 1.50 bits per heavy atom. The molecule has 5 nitrogen and oxygen atoms in total. The van der Waals surface area contributed by atoms with Gasteiger partial charge in [0.05, 0.1) is 12.6 Å². The van der Waals surface area contributed by atoms with Crippen molar-refractivity contribution in [3.05, 3.63) is 46.6 Å². The third-order valence-corrected chi connectivity index (χ3v) is 2.96. The minimum atomic E-state index is -0.617. The third-order valence-electron chi connectivity index (χ3n) is 2.78. The molecule has 0 bridgehead atoms. The van der Waals surface area contributed by atoms with Crippen LogP contribution in [0.3, 0.4) is 0 Å². The van der Waals surface area contributed by atoms with Crippen LogP contribution in [0.25, 0.3) is 0 Å². The van der Waals surface area contributed by atoms with Crippen LogP contribution in [0.4, 0.5) is 15.9 Å². The maximum atomic E-state index is 13.6. The van der Waals surface area contributed by atoms with Gasteiger partial charge in [-0.05, 0) is 35.7 Å². The highest BCUT2D eigenvalue weighted by Crippen LogP contribution is 2.24. The van der Waals surface area contributed by atoms with Crippen molar-refractivity contribution in [3.8, 4) is 0 Å². The van der Waals surface area contributed by atoms with Crippen LogP contribution < -0.4 is 11.1 Å². The monoisotopic (exact) mass is 294 g/mol. The lowest BCUT2D eigenvalue weighted by Crippen LogP contribution is -2.14. The minimum Gasteiger partial charge on any atom is -0.369 e. The Morgan fingerprint density at radius 3 is 2.95 bits per heavy atom. The quantitative estimate of drug-likeness (QED) is 0.848. The van der Waals surface area contributed by atoms with Gasteiger partial charge < -0.3 is 11.1 Å². The van der Waals surface area contributed by atoms with Crippen LogP contribution >= 0.6 is 11.6 Å². The lowest BCUT2D eigenvalue weighted by molar-refractivity contribution is -0.117. The summed E-state index contributed by atoms with van der Waals surface area (Å²) < 4.78 is 13.6. The summed E-state index contributed by atoms with van der Waals surface area (Å²) in [5.74, 6) is -1.07. The number of anilines is 2. The Balaban J connectivity index is 2.34. The van der Waals surface area contributed by atoms with Crippen molar-refractivity contribution >= 4 is 29.0 Å². The highest BCUT2D eigenvalue weighted by atomic mass is 35.5. The topological polar surface area (TPSA) is 80.9 Å². The fraction of sp³-hybridized carbons (Fsp3) is 0.154. The number of nitrogens with two attached hydrogens (primary N) is 1. The zero-order valence-electron chi connectivity index (χ0n) is 10.7. The Bertz CT molecular complexity index is 663. The molecule has 0 unspecified atom stereocenters. The summed E-state index contributed by atoms with van der Waals surface area (Å²) in [5, 5.41) is 2.78. The van der Waals surface area contributed by atoms with Gasteiger partial charge in [-0.1, -0.05) is 12.1 Å². The second kappa shape index (κ2) is 5.83. The van der Waals surface area contributed by atoms with Gasteiger partial charge in [0.15, 0.2) is 11.6 Å². The summed E-state index contributed by atoms with van der Waals surface area (Å²) in [4.78, 5) is 18.3. The van der Waals surface area contributed by atoms with E-state index in [1.165, 1.54) is 0 Å². The maximum absolute atomic E-state index is 13.6. The van der Waals surface area contributed by atoms with Crippen molar-refractivity contribution in [2.45, 2.75) is 13.3 Å². The van der Waals surface area contributed by atoms with E-state index >= 15 is 0 Å². The fourth-order valence-electron chi connectivity index (χ4n) is 1.76. The molecule has 20 heavy (non-hydrogen) atoms. The molecule has 1 amide bonds. The summed E-state index contributed by atoms with van der Waals surface area (Å²) in [6.07, 6.45) is 1.11. The van der Waals surface area contributed by atoms with Gasteiger partial charge in [0.1, 0.15) is 0 Å². The van der Waals surface area contributed by atoms with Gasteiger partial charge in [0.25, 0.3) is 0 Å². The number of nitrogens with zero attached hydrogens (tertiary/aromatic N) is 2. The molecule has 3 N–H and O–H groups in total. The van der Waals surface area contributed by atoms with Gasteiger partial charge in [0, 0.05) is 5.69 Å². The molecule has 7 heteroatoms. The predicted molar refractivity (Wildman–Crippen MR) is 74.4 cm³/mol. The Morgan fingerprint density at radius 2 is 2.25 bits per heavy atom. The first-order valence-corrected chi connectivity index (χ1v) is 6.17. The van der Waals surface area contributed by atoms with E-state index in [1.54, 1.807) is 25.1 Å². The Hall–Kier alpha value is -2.21. The molecular formula is C13H12ClFN4O. The number of amides is 1. The van der Waals surface area contributed by atoms with Crippen molar-refractivity contribution < 1.29 is 9.18 Å². The summed E-state index contributed by atoms with van der Waals surface area (Å²) >= 11 is 5.63. The molecule has 1 aromatic heterocycles. The van der Waals surface area contributed by atoms with Crippen LogP contribution in [0.15, 0.2) is 24.4 Å². The molecule has 1 heterocycles. The van der Waals surface area contributed by atoms with Crippen LogP contribution in [-0.4, -0.2) is 15.9 Å². The number of halogens is 2. The van der Waals surface area contributed by atoms with Crippen molar-refractivity contribution in [1.82, 2.24) is 9.97 Å². The number of carbonyl (C=O) groups is 1. The molecule has 0 radical (unpaired) electrons. The van der Waals surface area contributed by atoms with E-state index < -0.39 is 11.7 Å². The second-order valence-corrected chi connectivity index (χ2v) is 4.53.